The zero-order chi connectivity index (χ0) is 28.9. The topological polar surface area (TPSA) is 74.6 Å². The molecule has 1 aromatic rings. The lowest BCUT2D eigenvalue weighted by Gasteiger charge is -2.70. The van der Waals surface area contributed by atoms with Gasteiger partial charge in [0.05, 0.1) is 11.0 Å². The molecule has 4 heteroatoms. The lowest BCUT2D eigenvalue weighted by molar-refractivity contribution is -0.177. The summed E-state index contributed by atoms with van der Waals surface area (Å²) in [7, 11) is 0. The maximum atomic E-state index is 12.8. The third kappa shape index (κ3) is 3.43. The molecule has 3 fully saturated rings. The van der Waals surface area contributed by atoms with E-state index in [0.717, 1.165) is 50.5 Å². The first-order valence-corrected chi connectivity index (χ1v) is 15.7. The molecule has 6 rings (SSSR count). The number of aromatic carboxylic acids is 1. The van der Waals surface area contributed by atoms with E-state index in [-0.39, 0.29) is 27.6 Å². The second-order valence-corrected chi connectivity index (χ2v) is 15.5. The fourth-order valence-electron chi connectivity index (χ4n) is 11.6. The summed E-state index contributed by atoms with van der Waals surface area (Å²) in [6.07, 6.45) is 14.3. The van der Waals surface area contributed by atoms with Gasteiger partial charge in [-0.25, -0.2) is 4.79 Å². The molecule has 0 bridgehead atoms. The average Bonchev–Trinajstić information content (AvgIpc) is 2.89. The van der Waals surface area contributed by atoms with E-state index >= 15 is 0 Å². The zero-order valence-corrected chi connectivity index (χ0v) is 25.3. The van der Waals surface area contributed by atoms with Crippen molar-refractivity contribution < 1.29 is 19.8 Å². The average molecular weight is 545 g/mol. The highest BCUT2D eigenvalue weighted by atomic mass is 16.4. The predicted octanol–water partition coefficient (Wildman–Crippen LogP) is 8.87. The van der Waals surface area contributed by atoms with Crippen molar-refractivity contribution in [2.24, 2.45) is 50.7 Å². The van der Waals surface area contributed by atoms with Gasteiger partial charge in [0.1, 0.15) is 0 Å². The van der Waals surface area contributed by atoms with Crippen LogP contribution in [0.25, 0.3) is 5.57 Å². The summed E-state index contributed by atoms with van der Waals surface area (Å²) in [6, 6.07) is 7.46. The van der Waals surface area contributed by atoms with Crippen LogP contribution >= 0.6 is 0 Å². The molecule has 8 atom stereocenters. The summed E-state index contributed by atoms with van der Waals surface area (Å²) in [6.45, 7) is 14.8. The SMILES string of the molecule is C[C@H]1CCC[C@]2(C(=O)O)CC[C@]3(C)C(=CC[C@@H]4[C@@]5(C)CC=C(c6ccc(C(=O)O)cc6)C(C)(C)[C@@H]5CC[C@]43C)[C@H]12. The van der Waals surface area contributed by atoms with E-state index in [4.69, 9.17) is 0 Å². The number of allylic oxidation sites excluding steroid dienone is 4. The normalized spacial score (nSPS) is 43.6. The largest absolute Gasteiger partial charge is 0.481 e. The Morgan fingerprint density at radius 1 is 0.850 bits per heavy atom. The second kappa shape index (κ2) is 8.82. The van der Waals surface area contributed by atoms with Crippen molar-refractivity contribution in [3.8, 4) is 0 Å². The van der Waals surface area contributed by atoms with Gasteiger partial charge in [-0.15, -0.1) is 0 Å². The van der Waals surface area contributed by atoms with E-state index in [1.54, 1.807) is 12.1 Å². The van der Waals surface area contributed by atoms with E-state index in [9.17, 15) is 19.8 Å². The van der Waals surface area contributed by atoms with Gasteiger partial charge in [-0.2, -0.15) is 0 Å². The highest BCUT2D eigenvalue weighted by molar-refractivity contribution is 5.88. The first kappa shape index (κ1) is 27.8. The number of rotatable bonds is 3. The number of carboxylic acid groups (broad SMARTS) is 2. The fourth-order valence-corrected chi connectivity index (χ4v) is 11.6. The van der Waals surface area contributed by atoms with Crippen LogP contribution < -0.4 is 0 Å². The number of carboxylic acids is 2. The quantitative estimate of drug-likeness (QED) is 0.373. The van der Waals surface area contributed by atoms with Crippen molar-refractivity contribution in [3.63, 3.8) is 0 Å². The van der Waals surface area contributed by atoms with Gasteiger partial charge in [-0.05, 0) is 114 Å². The van der Waals surface area contributed by atoms with E-state index in [2.05, 4.69) is 53.7 Å². The maximum Gasteiger partial charge on any atom is 0.335 e. The maximum absolute atomic E-state index is 12.8. The minimum Gasteiger partial charge on any atom is -0.481 e. The predicted molar refractivity (Wildman–Crippen MR) is 159 cm³/mol. The summed E-state index contributed by atoms with van der Waals surface area (Å²) in [5.74, 6) is 0.240. The van der Waals surface area contributed by atoms with Crippen molar-refractivity contribution in [1.82, 2.24) is 0 Å². The molecule has 1 aromatic carbocycles. The Hall–Kier alpha value is -2.36. The van der Waals surface area contributed by atoms with Crippen molar-refractivity contribution in [2.45, 2.75) is 99.3 Å². The molecule has 40 heavy (non-hydrogen) atoms. The van der Waals surface area contributed by atoms with Crippen molar-refractivity contribution in [1.29, 1.82) is 0 Å². The lowest BCUT2D eigenvalue weighted by atomic mass is 9.33. The summed E-state index contributed by atoms with van der Waals surface area (Å²) in [4.78, 5) is 24.3. The highest BCUT2D eigenvalue weighted by Crippen LogP contribution is 2.75. The molecule has 0 radical (unpaired) electrons. The van der Waals surface area contributed by atoms with Crippen molar-refractivity contribution in [2.75, 3.05) is 0 Å². The molecule has 0 saturated heterocycles. The van der Waals surface area contributed by atoms with Crippen LogP contribution in [-0.4, -0.2) is 22.2 Å². The van der Waals surface area contributed by atoms with Crippen LogP contribution in [0.4, 0.5) is 0 Å². The van der Waals surface area contributed by atoms with Gasteiger partial charge in [0.15, 0.2) is 0 Å². The Morgan fingerprint density at radius 2 is 1.55 bits per heavy atom. The van der Waals surface area contributed by atoms with Crippen LogP contribution in [0, 0.1) is 50.7 Å². The Bertz CT molecular complexity index is 1300. The van der Waals surface area contributed by atoms with Gasteiger partial charge >= 0.3 is 11.9 Å². The molecule has 2 N–H and O–H groups in total. The first-order chi connectivity index (χ1) is 18.7. The van der Waals surface area contributed by atoms with Crippen LogP contribution in [0.1, 0.15) is 115 Å². The molecule has 0 amide bonds. The number of hydrogen-bond acceptors (Lipinski definition) is 2. The number of benzene rings is 1. The Kier molecular flexibility index (Phi) is 6.13. The van der Waals surface area contributed by atoms with Gasteiger partial charge in [0, 0.05) is 0 Å². The molecule has 3 saturated carbocycles. The molecular formula is C36H48O4. The molecule has 5 aliphatic carbocycles. The van der Waals surface area contributed by atoms with Crippen LogP contribution in [-0.2, 0) is 4.79 Å². The van der Waals surface area contributed by atoms with Crippen LogP contribution in [0.3, 0.4) is 0 Å². The summed E-state index contributed by atoms with van der Waals surface area (Å²) in [5.41, 5.74) is 4.08. The molecule has 4 nitrogen and oxygen atoms in total. The summed E-state index contributed by atoms with van der Waals surface area (Å²) in [5, 5.41) is 20.0. The monoisotopic (exact) mass is 544 g/mol. The molecule has 0 heterocycles. The van der Waals surface area contributed by atoms with E-state index < -0.39 is 17.4 Å². The van der Waals surface area contributed by atoms with Gasteiger partial charge in [-0.1, -0.05) is 84.2 Å². The third-order valence-corrected chi connectivity index (χ3v) is 13.8. The number of fused-ring (bicyclic) bond motifs is 7. The smallest absolute Gasteiger partial charge is 0.335 e. The molecule has 0 spiro atoms. The first-order valence-electron chi connectivity index (χ1n) is 15.7. The molecule has 0 unspecified atom stereocenters. The summed E-state index contributed by atoms with van der Waals surface area (Å²) >= 11 is 0. The van der Waals surface area contributed by atoms with Gasteiger partial charge < -0.3 is 10.2 Å². The van der Waals surface area contributed by atoms with Crippen LogP contribution in [0.5, 0.6) is 0 Å². The van der Waals surface area contributed by atoms with Crippen molar-refractivity contribution >= 4 is 17.5 Å². The fraction of sp³-hybridized carbons (Fsp3) is 0.667. The highest BCUT2D eigenvalue weighted by Gasteiger charge is 2.68. The van der Waals surface area contributed by atoms with E-state index in [1.165, 1.54) is 24.0 Å². The number of aliphatic carboxylic acids is 1. The zero-order valence-electron chi connectivity index (χ0n) is 25.3. The van der Waals surface area contributed by atoms with E-state index in [0.29, 0.717) is 23.3 Å². The Balaban J connectivity index is 1.40. The minimum absolute atomic E-state index is 0.0210. The van der Waals surface area contributed by atoms with Crippen LogP contribution in [0.15, 0.2) is 42.0 Å². The van der Waals surface area contributed by atoms with Crippen LogP contribution in [0.2, 0.25) is 0 Å². The molecule has 216 valence electrons. The van der Waals surface area contributed by atoms with Crippen molar-refractivity contribution in [3.05, 3.63) is 53.1 Å². The minimum atomic E-state index is -0.883. The van der Waals surface area contributed by atoms with E-state index in [1.807, 2.05) is 12.1 Å². The molecule has 5 aliphatic rings. The summed E-state index contributed by atoms with van der Waals surface area (Å²) < 4.78 is 0. The molecule has 0 aromatic heterocycles. The Labute approximate surface area is 240 Å². The standard InChI is InChI=1S/C36H48O4/c1-22-8-7-17-36(31(39)40)21-20-34(5)26(29(22)36)13-14-28-33(4)18-15-25(23-9-11-24(12-10-23)30(37)38)32(2,3)27(33)16-19-35(28,34)6/h9-13,15,22,27-29H,7-8,14,16-21H2,1-6H3,(H,37,38)(H,39,40)/t22-,27-,28+,29-,33-,34+,35+,36-/m0/s1. The van der Waals surface area contributed by atoms with Gasteiger partial charge in [0.25, 0.3) is 0 Å². The second-order valence-electron chi connectivity index (χ2n) is 15.5. The number of carbonyl (C=O) groups is 2. The van der Waals surface area contributed by atoms with Gasteiger partial charge in [-0.3, -0.25) is 4.79 Å². The number of hydrogen-bond donors (Lipinski definition) is 2. The third-order valence-electron chi connectivity index (χ3n) is 13.8. The Morgan fingerprint density at radius 3 is 2.20 bits per heavy atom. The van der Waals surface area contributed by atoms with Gasteiger partial charge in [0.2, 0.25) is 0 Å². The molecular weight excluding hydrogens is 496 g/mol. The molecule has 0 aliphatic heterocycles. The lowest BCUT2D eigenvalue weighted by Crippen LogP contribution is -2.63.